The van der Waals surface area contributed by atoms with Crippen molar-refractivity contribution in [1.29, 1.82) is 0 Å². The van der Waals surface area contributed by atoms with Crippen molar-refractivity contribution in [3.05, 3.63) is 65.3 Å². The summed E-state index contributed by atoms with van der Waals surface area (Å²) in [5.74, 6) is -0.938. The summed E-state index contributed by atoms with van der Waals surface area (Å²) >= 11 is 0. The molecular weight excluding hydrogens is 556 g/mol. The molecule has 4 rings (SSSR count). The van der Waals surface area contributed by atoms with E-state index in [1.807, 2.05) is 30.6 Å². The molecule has 2 aromatic heterocycles. The van der Waals surface area contributed by atoms with Gasteiger partial charge in [0, 0.05) is 48.9 Å². The highest BCUT2D eigenvalue weighted by molar-refractivity contribution is 5.96. The Hall–Kier alpha value is -3.84. The van der Waals surface area contributed by atoms with Gasteiger partial charge in [-0.2, -0.15) is 0 Å². The van der Waals surface area contributed by atoms with E-state index in [2.05, 4.69) is 16.0 Å². The first kappa shape index (κ1) is 32.1. The minimum atomic E-state index is -0.561. The molecule has 232 valence electrons. The molecule has 12 nitrogen and oxygen atoms in total. The third kappa shape index (κ3) is 9.07. The Morgan fingerprint density at radius 2 is 1.74 bits per heavy atom. The Labute approximate surface area is 250 Å². The molecule has 0 saturated carbocycles. The van der Waals surface area contributed by atoms with Crippen molar-refractivity contribution in [1.82, 2.24) is 9.55 Å². The molecule has 1 aliphatic heterocycles. The number of benzene rings is 1. The van der Waals surface area contributed by atoms with Crippen LogP contribution in [0.5, 0.6) is 0 Å². The van der Waals surface area contributed by atoms with Gasteiger partial charge in [-0.25, -0.2) is 0 Å². The summed E-state index contributed by atoms with van der Waals surface area (Å²) in [5.41, 5.74) is 1.13. The molecule has 1 fully saturated rings. The smallest absolute Gasteiger partial charge is 0.325 e. The van der Waals surface area contributed by atoms with Crippen LogP contribution >= 0.6 is 0 Å². The average Bonchev–Trinajstić information content (AvgIpc) is 3.04. The lowest BCUT2D eigenvalue weighted by atomic mass is 9.95. The minimum Gasteiger partial charge on any atom is -0.468 e. The number of hydrogen-bond donors (Lipinski definition) is 1. The van der Waals surface area contributed by atoms with E-state index in [4.69, 9.17) is 24.1 Å². The number of piperidine rings is 1. The molecule has 1 atom stereocenters. The SMILES string of the molecule is COC(=O)Cn1cc(N(CCOCCOCCOCCO)C(=O)[C@H]2CCCN(c3cncc4ccccc34)C2)ccc1=O. The Balaban J connectivity index is 1.46. The second-order valence-corrected chi connectivity index (χ2v) is 10.1. The standard InChI is InChI=1S/C31H40N4O8/c1-40-30(38)23-34-22-26(8-9-29(34)37)35(11-13-41-15-17-43-18-16-42-14-12-36)31(39)25-6-4-10-33(21-25)28-20-32-19-24-5-2-3-7-27(24)28/h2-3,5,7-9,19-20,22,25,36H,4,6,10-18,21,23H2,1H3/t25-/m0/s1. The van der Waals surface area contributed by atoms with E-state index >= 15 is 0 Å². The molecular formula is C31H40N4O8. The molecule has 1 aromatic carbocycles. The number of aromatic nitrogens is 2. The van der Waals surface area contributed by atoms with Gasteiger partial charge in [-0.05, 0) is 18.9 Å². The van der Waals surface area contributed by atoms with Gasteiger partial charge in [0.2, 0.25) is 5.91 Å². The van der Waals surface area contributed by atoms with Crippen molar-refractivity contribution < 1.29 is 33.6 Å². The molecule has 1 saturated heterocycles. The maximum atomic E-state index is 14.1. The van der Waals surface area contributed by atoms with Gasteiger partial charge in [-0.15, -0.1) is 0 Å². The van der Waals surface area contributed by atoms with Crippen molar-refractivity contribution in [3.63, 3.8) is 0 Å². The van der Waals surface area contributed by atoms with Crippen molar-refractivity contribution in [2.24, 2.45) is 5.92 Å². The lowest BCUT2D eigenvalue weighted by Gasteiger charge is -2.36. The fraction of sp³-hybridized carbons (Fsp3) is 0.484. The summed E-state index contributed by atoms with van der Waals surface area (Å²) in [6.07, 6.45) is 6.77. The largest absolute Gasteiger partial charge is 0.468 e. The number of esters is 1. The van der Waals surface area contributed by atoms with Crippen LogP contribution in [0, 0.1) is 5.92 Å². The quantitative estimate of drug-likeness (QED) is 0.193. The number of carbonyl (C=O) groups excluding carboxylic acids is 2. The van der Waals surface area contributed by atoms with Crippen LogP contribution in [-0.4, -0.2) is 99.5 Å². The van der Waals surface area contributed by atoms with E-state index in [1.54, 1.807) is 11.0 Å². The molecule has 0 bridgehead atoms. The molecule has 1 aliphatic rings. The monoisotopic (exact) mass is 596 g/mol. The van der Waals surface area contributed by atoms with Crippen molar-refractivity contribution in [2.75, 3.05) is 82.8 Å². The van der Waals surface area contributed by atoms with Crippen LogP contribution in [0.4, 0.5) is 11.4 Å². The maximum Gasteiger partial charge on any atom is 0.325 e. The lowest BCUT2D eigenvalue weighted by Crippen LogP contribution is -2.46. The van der Waals surface area contributed by atoms with Crippen molar-refractivity contribution >= 4 is 34.0 Å². The van der Waals surface area contributed by atoms with Gasteiger partial charge in [0.1, 0.15) is 6.54 Å². The number of aliphatic hydroxyl groups is 1. The normalized spacial score (nSPS) is 15.0. The Bertz CT molecular complexity index is 1390. The summed E-state index contributed by atoms with van der Waals surface area (Å²) in [5, 5.41) is 10.9. The van der Waals surface area contributed by atoms with E-state index < -0.39 is 5.97 Å². The number of anilines is 2. The molecule has 0 unspecified atom stereocenters. The number of hydrogen-bond acceptors (Lipinski definition) is 10. The molecule has 1 amide bonds. The summed E-state index contributed by atoms with van der Waals surface area (Å²) in [4.78, 5) is 46.7. The number of ether oxygens (including phenoxy) is 4. The van der Waals surface area contributed by atoms with Gasteiger partial charge < -0.3 is 38.4 Å². The summed E-state index contributed by atoms with van der Waals surface area (Å²) in [7, 11) is 1.26. The number of methoxy groups -OCH3 is 1. The number of rotatable bonds is 16. The number of carbonyl (C=O) groups is 2. The highest BCUT2D eigenvalue weighted by Gasteiger charge is 2.31. The first-order valence-corrected chi connectivity index (χ1v) is 14.5. The van der Waals surface area contributed by atoms with E-state index in [0.717, 1.165) is 35.8 Å². The van der Waals surface area contributed by atoms with Gasteiger partial charge in [-0.1, -0.05) is 24.3 Å². The molecule has 0 aliphatic carbocycles. The molecule has 3 aromatic rings. The predicted octanol–water partition coefficient (Wildman–Crippen LogP) is 1.86. The number of pyridine rings is 2. The molecule has 43 heavy (non-hydrogen) atoms. The first-order valence-electron chi connectivity index (χ1n) is 14.5. The lowest BCUT2D eigenvalue weighted by molar-refractivity contribution is -0.141. The molecule has 12 heteroatoms. The van der Waals surface area contributed by atoms with Crippen LogP contribution < -0.4 is 15.4 Å². The van der Waals surface area contributed by atoms with Crippen LogP contribution in [0.3, 0.4) is 0 Å². The van der Waals surface area contributed by atoms with E-state index in [9.17, 15) is 14.4 Å². The third-order valence-electron chi connectivity index (χ3n) is 7.27. The van der Waals surface area contributed by atoms with Gasteiger partial charge in [0.25, 0.3) is 5.56 Å². The predicted molar refractivity (Wildman–Crippen MR) is 161 cm³/mol. The summed E-state index contributed by atoms with van der Waals surface area (Å²) in [6, 6.07) is 11.0. The Kier molecular flexibility index (Phi) is 12.5. The number of nitrogens with zero attached hydrogens (tertiary/aromatic N) is 4. The number of aliphatic hydroxyl groups excluding tert-OH is 1. The zero-order valence-corrected chi connectivity index (χ0v) is 24.6. The van der Waals surface area contributed by atoms with Gasteiger partial charge >= 0.3 is 5.97 Å². The van der Waals surface area contributed by atoms with Crippen LogP contribution in [0.25, 0.3) is 10.8 Å². The van der Waals surface area contributed by atoms with Gasteiger partial charge in [-0.3, -0.25) is 19.4 Å². The molecule has 1 N–H and O–H groups in total. The number of fused-ring (bicyclic) bond motifs is 1. The number of amides is 1. The summed E-state index contributed by atoms with van der Waals surface area (Å²) < 4.78 is 22.4. The van der Waals surface area contributed by atoms with Gasteiger partial charge in [0.05, 0.1) is 76.8 Å². The van der Waals surface area contributed by atoms with Gasteiger partial charge in [0.15, 0.2) is 0 Å². The van der Waals surface area contributed by atoms with E-state index in [-0.39, 0.29) is 50.3 Å². The van der Waals surface area contributed by atoms with E-state index in [0.29, 0.717) is 38.7 Å². The molecule has 3 heterocycles. The van der Waals surface area contributed by atoms with Crippen molar-refractivity contribution in [2.45, 2.75) is 19.4 Å². The van der Waals surface area contributed by atoms with Crippen LogP contribution in [0.15, 0.2) is 59.8 Å². The van der Waals surface area contributed by atoms with Crippen LogP contribution in [0.2, 0.25) is 0 Å². The minimum absolute atomic E-state index is 0.0299. The van der Waals surface area contributed by atoms with Crippen LogP contribution in [0.1, 0.15) is 12.8 Å². The zero-order valence-electron chi connectivity index (χ0n) is 24.6. The molecule has 0 radical (unpaired) electrons. The highest BCUT2D eigenvalue weighted by atomic mass is 16.5. The Morgan fingerprint density at radius 3 is 2.51 bits per heavy atom. The van der Waals surface area contributed by atoms with Crippen molar-refractivity contribution in [3.8, 4) is 0 Å². The summed E-state index contributed by atoms with van der Waals surface area (Å²) in [6.45, 7) is 3.29. The molecule has 0 spiro atoms. The fourth-order valence-corrected chi connectivity index (χ4v) is 5.10. The first-order chi connectivity index (χ1) is 21.0. The topological polar surface area (TPSA) is 133 Å². The second kappa shape index (κ2) is 16.7. The fourth-order valence-electron chi connectivity index (χ4n) is 5.10. The third-order valence-corrected chi connectivity index (χ3v) is 7.27. The van der Waals surface area contributed by atoms with Crippen LogP contribution in [-0.2, 0) is 35.1 Å². The van der Waals surface area contributed by atoms with E-state index in [1.165, 1.54) is 23.9 Å². The highest BCUT2D eigenvalue weighted by Crippen LogP contribution is 2.30. The average molecular weight is 597 g/mol. The second-order valence-electron chi connectivity index (χ2n) is 10.1. The maximum absolute atomic E-state index is 14.1. The Morgan fingerprint density at radius 1 is 1.00 bits per heavy atom. The zero-order chi connectivity index (χ0) is 30.4.